The fourth-order valence-electron chi connectivity index (χ4n) is 2.41. The molecule has 1 fully saturated rings. The molecule has 1 aliphatic rings. The van der Waals surface area contributed by atoms with Gasteiger partial charge < -0.3 is 19.7 Å². The highest BCUT2D eigenvalue weighted by molar-refractivity contribution is 5.87. The second-order valence-electron chi connectivity index (χ2n) is 5.58. The largest absolute Gasteiger partial charge is 0.459 e. The van der Waals surface area contributed by atoms with Crippen LogP contribution in [-0.4, -0.2) is 42.6 Å². The van der Waals surface area contributed by atoms with Gasteiger partial charge in [0.25, 0.3) is 0 Å². The van der Waals surface area contributed by atoms with Gasteiger partial charge in [0.15, 0.2) is 5.60 Å². The molecule has 1 unspecified atom stereocenters. The molecule has 0 radical (unpaired) electrons. The van der Waals surface area contributed by atoms with Crippen molar-refractivity contribution in [3.05, 3.63) is 47.0 Å². The predicted molar refractivity (Wildman–Crippen MR) is 81.4 cm³/mol. The fourth-order valence-corrected chi connectivity index (χ4v) is 2.41. The number of hydrogen-bond donors (Lipinski definition) is 2. The number of carbonyl (C=O) groups is 1. The molecule has 0 aliphatic carbocycles. The zero-order chi connectivity index (χ0) is 16.2. The Balaban J connectivity index is 2.19. The van der Waals surface area contributed by atoms with E-state index in [1.807, 2.05) is 18.2 Å². The van der Waals surface area contributed by atoms with Crippen LogP contribution in [0.3, 0.4) is 0 Å². The normalized spacial score (nSPS) is 19.8. The van der Waals surface area contributed by atoms with Crippen molar-refractivity contribution in [3.8, 4) is 0 Å². The molecule has 5 nitrogen and oxygen atoms in total. The first-order valence-electron chi connectivity index (χ1n) is 7.33. The van der Waals surface area contributed by atoms with E-state index in [1.165, 1.54) is 0 Å². The van der Waals surface area contributed by atoms with E-state index in [-0.39, 0.29) is 19.8 Å². The molecule has 1 aromatic rings. The summed E-state index contributed by atoms with van der Waals surface area (Å²) in [6.07, 6.45) is 1.06. The minimum atomic E-state index is -0.618. The Labute approximate surface area is 130 Å². The van der Waals surface area contributed by atoms with Crippen LogP contribution in [0.2, 0.25) is 0 Å². The summed E-state index contributed by atoms with van der Waals surface area (Å²) >= 11 is 0. The second kappa shape index (κ2) is 7.05. The Hall–Kier alpha value is -1.69. The van der Waals surface area contributed by atoms with Gasteiger partial charge in [-0.15, -0.1) is 0 Å². The molecule has 1 heterocycles. The van der Waals surface area contributed by atoms with Crippen LogP contribution in [-0.2, 0) is 32.7 Å². The lowest BCUT2D eigenvalue weighted by atomic mass is 9.91. The standard InChI is InChI=1S/C17H22O5/c1-12(2)16(20)21-10-17(11-22-17)15-4-3-13(5-7-18)9-14(15)6-8-19/h3-4,9,18-19H,1,5-8,10-11H2,2H3. The van der Waals surface area contributed by atoms with Crippen LogP contribution >= 0.6 is 0 Å². The number of epoxide rings is 1. The molecule has 0 saturated carbocycles. The second-order valence-corrected chi connectivity index (χ2v) is 5.58. The number of esters is 1. The van der Waals surface area contributed by atoms with E-state index in [2.05, 4.69) is 6.58 Å². The van der Waals surface area contributed by atoms with E-state index >= 15 is 0 Å². The topological polar surface area (TPSA) is 79.3 Å². The molecule has 22 heavy (non-hydrogen) atoms. The van der Waals surface area contributed by atoms with Crippen LogP contribution < -0.4 is 0 Å². The quantitative estimate of drug-likeness (QED) is 0.427. The van der Waals surface area contributed by atoms with E-state index in [1.54, 1.807) is 6.92 Å². The van der Waals surface area contributed by atoms with E-state index in [0.29, 0.717) is 25.0 Å². The highest BCUT2D eigenvalue weighted by Gasteiger charge is 2.49. The van der Waals surface area contributed by atoms with Gasteiger partial charge in [-0.2, -0.15) is 0 Å². The van der Waals surface area contributed by atoms with Crippen molar-refractivity contribution in [1.82, 2.24) is 0 Å². The zero-order valence-electron chi connectivity index (χ0n) is 12.8. The van der Waals surface area contributed by atoms with Crippen LogP contribution in [0, 0.1) is 0 Å². The SMILES string of the molecule is C=C(C)C(=O)OCC1(c2ccc(CCO)cc2CCO)CO1. The molecule has 2 N–H and O–H groups in total. The molecule has 5 heteroatoms. The number of benzene rings is 1. The van der Waals surface area contributed by atoms with Gasteiger partial charge >= 0.3 is 5.97 Å². The molecule has 120 valence electrons. The average Bonchev–Trinajstić information content (AvgIpc) is 3.26. The Morgan fingerprint density at radius 1 is 1.36 bits per heavy atom. The number of hydrogen-bond acceptors (Lipinski definition) is 5. The number of aliphatic hydroxyl groups is 2. The Bertz CT molecular complexity index is 560. The molecular weight excluding hydrogens is 284 g/mol. The maximum Gasteiger partial charge on any atom is 0.333 e. The van der Waals surface area contributed by atoms with E-state index in [9.17, 15) is 9.90 Å². The summed E-state index contributed by atoms with van der Waals surface area (Å²) in [4.78, 5) is 11.6. The lowest BCUT2D eigenvalue weighted by molar-refractivity contribution is -0.140. The molecular formula is C17H22O5. The summed E-state index contributed by atoms with van der Waals surface area (Å²) in [6.45, 7) is 5.88. The fraction of sp³-hybridized carbons (Fsp3) is 0.471. The minimum Gasteiger partial charge on any atom is -0.459 e. The van der Waals surface area contributed by atoms with Gasteiger partial charge in [0.1, 0.15) is 6.61 Å². The van der Waals surface area contributed by atoms with Crippen LogP contribution in [0.25, 0.3) is 0 Å². The highest BCUT2D eigenvalue weighted by atomic mass is 16.6. The molecule has 0 spiro atoms. The maximum absolute atomic E-state index is 11.6. The Morgan fingerprint density at radius 2 is 2.05 bits per heavy atom. The van der Waals surface area contributed by atoms with Crippen molar-refractivity contribution in [1.29, 1.82) is 0 Å². The van der Waals surface area contributed by atoms with Crippen LogP contribution in [0.1, 0.15) is 23.6 Å². The summed E-state index contributed by atoms with van der Waals surface area (Å²) in [5, 5.41) is 18.3. The third-order valence-electron chi connectivity index (χ3n) is 3.72. The molecule has 1 aliphatic heterocycles. The number of rotatable bonds is 8. The zero-order valence-corrected chi connectivity index (χ0v) is 12.8. The van der Waals surface area contributed by atoms with Gasteiger partial charge in [-0.05, 0) is 36.5 Å². The van der Waals surface area contributed by atoms with E-state index in [4.69, 9.17) is 14.6 Å². The average molecular weight is 306 g/mol. The molecule has 1 atom stereocenters. The maximum atomic E-state index is 11.6. The first-order valence-corrected chi connectivity index (χ1v) is 7.33. The monoisotopic (exact) mass is 306 g/mol. The molecule has 0 amide bonds. The van der Waals surface area contributed by atoms with Gasteiger partial charge in [0.2, 0.25) is 0 Å². The predicted octanol–water partition coefficient (Wildman–Crippen LogP) is 1.10. The Morgan fingerprint density at radius 3 is 2.59 bits per heavy atom. The minimum absolute atomic E-state index is 0.0250. The van der Waals surface area contributed by atoms with Gasteiger partial charge in [-0.1, -0.05) is 24.8 Å². The number of carbonyl (C=O) groups excluding carboxylic acids is 1. The number of aliphatic hydroxyl groups excluding tert-OH is 2. The van der Waals surface area contributed by atoms with Crippen molar-refractivity contribution >= 4 is 5.97 Å². The summed E-state index contributed by atoms with van der Waals surface area (Å²) in [5.74, 6) is -0.435. The van der Waals surface area contributed by atoms with Gasteiger partial charge in [0.05, 0.1) is 6.61 Å². The van der Waals surface area contributed by atoms with Crippen molar-refractivity contribution in [2.24, 2.45) is 0 Å². The van der Waals surface area contributed by atoms with E-state index in [0.717, 1.165) is 16.7 Å². The lowest BCUT2D eigenvalue weighted by Crippen LogP contribution is -2.22. The Kier molecular flexibility index (Phi) is 5.34. The molecule has 1 aromatic carbocycles. The smallest absolute Gasteiger partial charge is 0.333 e. The van der Waals surface area contributed by atoms with Crippen molar-refractivity contribution in [2.75, 3.05) is 26.4 Å². The van der Waals surface area contributed by atoms with Gasteiger partial charge in [-0.25, -0.2) is 4.79 Å². The van der Waals surface area contributed by atoms with Crippen molar-refractivity contribution in [3.63, 3.8) is 0 Å². The lowest BCUT2D eigenvalue weighted by Gasteiger charge is -2.18. The van der Waals surface area contributed by atoms with E-state index < -0.39 is 11.6 Å². The summed E-state index contributed by atoms with van der Waals surface area (Å²) in [6, 6.07) is 5.82. The van der Waals surface area contributed by atoms with Crippen molar-refractivity contribution in [2.45, 2.75) is 25.4 Å². The first-order chi connectivity index (χ1) is 10.5. The first kappa shape index (κ1) is 16.7. The molecule has 2 rings (SSSR count). The van der Waals surface area contributed by atoms with Crippen LogP contribution in [0.4, 0.5) is 0 Å². The molecule has 1 saturated heterocycles. The van der Waals surface area contributed by atoms with Crippen molar-refractivity contribution < 1.29 is 24.5 Å². The van der Waals surface area contributed by atoms with Gasteiger partial charge in [-0.3, -0.25) is 0 Å². The molecule has 0 bridgehead atoms. The summed E-state index contributed by atoms with van der Waals surface area (Å²) in [7, 11) is 0. The third-order valence-corrected chi connectivity index (χ3v) is 3.72. The van der Waals surface area contributed by atoms with Crippen LogP contribution in [0.5, 0.6) is 0 Å². The molecule has 0 aromatic heterocycles. The highest BCUT2D eigenvalue weighted by Crippen LogP contribution is 2.41. The third kappa shape index (κ3) is 3.74. The van der Waals surface area contributed by atoms with Crippen LogP contribution in [0.15, 0.2) is 30.4 Å². The summed E-state index contributed by atoms with van der Waals surface area (Å²) < 4.78 is 10.8. The number of ether oxygens (including phenoxy) is 2. The van der Waals surface area contributed by atoms with Gasteiger partial charge in [0, 0.05) is 18.8 Å². The summed E-state index contributed by atoms with van der Waals surface area (Å²) in [5.41, 5.74) is 2.62.